The van der Waals surface area contributed by atoms with Crippen LogP contribution in [0.25, 0.3) is 0 Å². The molecule has 1 heterocycles. The lowest BCUT2D eigenvalue weighted by Gasteiger charge is -2.16. The molecule has 0 amide bonds. The van der Waals surface area contributed by atoms with Crippen molar-refractivity contribution in [1.29, 1.82) is 0 Å². The van der Waals surface area contributed by atoms with Crippen molar-refractivity contribution in [2.75, 3.05) is 0 Å². The van der Waals surface area contributed by atoms with Crippen molar-refractivity contribution in [1.82, 2.24) is 0 Å². The molecule has 0 spiro atoms. The van der Waals surface area contributed by atoms with Crippen molar-refractivity contribution < 1.29 is 5.11 Å². The van der Waals surface area contributed by atoms with E-state index in [0.29, 0.717) is 6.42 Å². The van der Waals surface area contributed by atoms with Crippen LogP contribution in [0.4, 0.5) is 0 Å². The van der Waals surface area contributed by atoms with E-state index >= 15 is 0 Å². The van der Waals surface area contributed by atoms with Gasteiger partial charge in [-0.25, -0.2) is 0 Å². The summed E-state index contributed by atoms with van der Waals surface area (Å²) < 4.78 is 0. The minimum absolute atomic E-state index is 0.158. The minimum Gasteiger partial charge on any atom is -0.387 e. The van der Waals surface area contributed by atoms with Crippen LogP contribution in [0.5, 0.6) is 0 Å². The summed E-state index contributed by atoms with van der Waals surface area (Å²) in [7, 11) is 0. The van der Waals surface area contributed by atoms with Gasteiger partial charge in [-0.05, 0) is 35.6 Å². The fourth-order valence-electron chi connectivity index (χ4n) is 2.08. The predicted octanol–water partition coefficient (Wildman–Crippen LogP) is 4.63. The largest absolute Gasteiger partial charge is 0.387 e. The van der Waals surface area contributed by atoms with E-state index in [4.69, 9.17) is 0 Å². The standard InChI is InChI=1S/C17H22OS/c1-12-7-5-6-8-13(12)11-14(18)15-9-10-16(19-15)17(2,3)4/h5-10,14,18H,11H2,1-4H3. The maximum absolute atomic E-state index is 10.4. The SMILES string of the molecule is Cc1ccccc1CC(O)c1ccc(C(C)(C)C)s1. The summed E-state index contributed by atoms with van der Waals surface area (Å²) in [4.78, 5) is 2.39. The van der Waals surface area contributed by atoms with Crippen LogP contribution >= 0.6 is 11.3 Å². The van der Waals surface area contributed by atoms with E-state index in [-0.39, 0.29) is 5.41 Å². The summed E-state index contributed by atoms with van der Waals surface area (Å²) in [5.41, 5.74) is 2.63. The zero-order valence-electron chi connectivity index (χ0n) is 12.1. The highest BCUT2D eigenvalue weighted by atomic mass is 32.1. The van der Waals surface area contributed by atoms with Crippen LogP contribution in [0.3, 0.4) is 0 Å². The molecule has 0 saturated carbocycles. The zero-order chi connectivity index (χ0) is 14.0. The molecule has 19 heavy (non-hydrogen) atoms. The monoisotopic (exact) mass is 274 g/mol. The Balaban J connectivity index is 2.15. The second-order valence-corrected chi connectivity index (χ2v) is 7.21. The van der Waals surface area contributed by atoms with Gasteiger partial charge in [0, 0.05) is 16.2 Å². The van der Waals surface area contributed by atoms with Crippen molar-refractivity contribution in [2.24, 2.45) is 0 Å². The van der Waals surface area contributed by atoms with Gasteiger partial charge in [0.2, 0.25) is 0 Å². The molecule has 0 saturated heterocycles. The molecule has 1 atom stereocenters. The highest BCUT2D eigenvalue weighted by molar-refractivity contribution is 7.12. The Hall–Kier alpha value is -1.12. The number of aliphatic hydroxyl groups is 1. The molecule has 1 aromatic carbocycles. The summed E-state index contributed by atoms with van der Waals surface area (Å²) in [6.07, 6.45) is 0.290. The molecule has 0 aliphatic heterocycles. The van der Waals surface area contributed by atoms with Crippen LogP contribution in [0.1, 0.15) is 47.8 Å². The first-order valence-electron chi connectivity index (χ1n) is 6.70. The fourth-order valence-corrected chi connectivity index (χ4v) is 3.13. The van der Waals surface area contributed by atoms with Crippen LogP contribution in [0, 0.1) is 6.92 Å². The third-order valence-corrected chi connectivity index (χ3v) is 4.98. The van der Waals surface area contributed by atoms with Crippen LogP contribution in [0.2, 0.25) is 0 Å². The first-order valence-corrected chi connectivity index (χ1v) is 7.52. The summed E-state index contributed by atoms with van der Waals surface area (Å²) in [6.45, 7) is 8.71. The van der Waals surface area contributed by atoms with Crippen LogP contribution in [0.15, 0.2) is 36.4 Å². The van der Waals surface area contributed by atoms with Gasteiger partial charge in [-0.15, -0.1) is 11.3 Å². The second kappa shape index (κ2) is 5.48. The van der Waals surface area contributed by atoms with Gasteiger partial charge in [0.1, 0.15) is 0 Å². The van der Waals surface area contributed by atoms with Crippen molar-refractivity contribution in [3.8, 4) is 0 Å². The van der Waals surface area contributed by atoms with Crippen LogP contribution in [-0.2, 0) is 11.8 Å². The first-order chi connectivity index (χ1) is 8.88. The van der Waals surface area contributed by atoms with Gasteiger partial charge in [0.15, 0.2) is 0 Å². The van der Waals surface area contributed by atoms with E-state index < -0.39 is 6.10 Å². The molecule has 0 aliphatic carbocycles. The van der Waals surface area contributed by atoms with Gasteiger partial charge in [0.05, 0.1) is 6.10 Å². The quantitative estimate of drug-likeness (QED) is 0.865. The molecular weight excluding hydrogens is 252 g/mol. The molecule has 2 heteroatoms. The molecule has 0 radical (unpaired) electrons. The van der Waals surface area contributed by atoms with Crippen molar-refractivity contribution in [3.63, 3.8) is 0 Å². The number of hydrogen-bond donors (Lipinski definition) is 1. The highest BCUT2D eigenvalue weighted by Gasteiger charge is 2.19. The summed E-state index contributed by atoms with van der Waals surface area (Å²) in [6, 6.07) is 12.5. The number of aryl methyl sites for hydroxylation is 1. The number of rotatable bonds is 3. The van der Waals surface area contributed by atoms with E-state index in [1.165, 1.54) is 16.0 Å². The van der Waals surface area contributed by atoms with E-state index in [2.05, 4.69) is 52.0 Å². The van der Waals surface area contributed by atoms with Gasteiger partial charge in [-0.1, -0.05) is 45.0 Å². The molecule has 0 fully saturated rings. The first kappa shape index (κ1) is 14.3. The Morgan fingerprint density at radius 1 is 1.11 bits per heavy atom. The molecule has 1 N–H and O–H groups in total. The smallest absolute Gasteiger partial charge is 0.0922 e. The van der Waals surface area contributed by atoms with Crippen molar-refractivity contribution in [3.05, 3.63) is 57.3 Å². The molecule has 102 valence electrons. The van der Waals surface area contributed by atoms with E-state index in [9.17, 15) is 5.11 Å². The molecule has 0 aliphatic rings. The van der Waals surface area contributed by atoms with Gasteiger partial charge in [0.25, 0.3) is 0 Å². The number of hydrogen-bond acceptors (Lipinski definition) is 2. The number of aliphatic hydroxyl groups excluding tert-OH is 1. The lowest BCUT2D eigenvalue weighted by atomic mass is 9.95. The number of thiophene rings is 1. The Morgan fingerprint density at radius 3 is 2.37 bits per heavy atom. The molecular formula is C17H22OS. The maximum Gasteiger partial charge on any atom is 0.0922 e. The average Bonchev–Trinajstić information content (AvgIpc) is 2.81. The van der Waals surface area contributed by atoms with Gasteiger partial charge in [-0.2, -0.15) is 0 Å². The van der Waals surface area contributed by atoms with Crippen LogP contribution in [-0.4, -0.2) is 5.11 Å². The molecule has 1 unspecified atom stereocenters. The van der Waals surface area contributed by atoms with E-state index in [0.717, 1.165) is 4.88 Å². The van der Waals surface area contributed by atoms with E-state index in [1.54, 1.807) is 11.3 Å². The summed E-state index contributed by atoms with van der Waals surface area (Å²) in [5, 5.41) is 10.4. The fraction of sp³-hybridized carbons (Fsp3) is 0.412. The van der Waals surface area contributed by atoms with Gasteiger partial charge in [-0.3, -0.25) is 0 Å². The molecule has 1 aromatic heterocycles. The van der Waals surface area contributed by atoms with Crippen molar-refractivity contribution in [2.45, 2.75) is 45.6 Å². The molecule has 2 rings (SSSR count). The van der Waals surface area contributed by atoms with Gasteiger partial charge < -0.3 is 5.11 Å². The highest BCUT2D eigenvalue weighted by Crippen LogP contribution is 2.33. The molecule has 2 aromatic rings. The Kier molecular flexibility index (Phi) is 4.12. The van der Waals surface area contributed by atoms with Gasteiger partial charge >= 0.3 is 0 Å². The summed E-state index contributed by atoms with van der Waals surface area (Å²) >= 11 is 1.72. The lowest BCUT2D eigenvalue weighted by Crippen LogP contribution is -2.08. The molecule has 0 bridgehead atoms. The second-order valence-electron chi connectivity index (χ2n) is 6.10. The maximum atomic E-state index is 10.4. The third kappa shape index (κ3) is 3.46. The van der Waals surface area contributed by atoms with E-state index in [1.807, 2.05) is 12.1 Å². The van der Waals surface area contributed by atoms with Crippen LogP contribution < -0.4 is 0 Å². The third-order valence-electron chi connectivity index (χ3n) is 3.37. The number of benzene rings is 1. The Labute approximate surface area is 119 Å². The predicted molar refractivity (Wildman–Crippen MR) is 82.9 cm³/mol. The average molecular weight is 274 g/mol. The Bertz CT molecular complexity index is 548. The topological polar surface area (TPSA) is 20.2 Å². The Morgan fingerprint density at radius 2 is 1.79 bits per heavy atom. The lowest BCUT2D eigenvalue weighted by molar-refractivity contribution is 0.182. The molecule has 1 nitrogen and oxygen atoms in total. The zero-order valence-corrected chi connectivity index (χ0v) is 12.9. The normalized spacial score (nSPS) is 13.5. The van der Waals surface area contributed by atoms with Crippen molar-refractivity contribution >= 4 is 11.3 Å². The minimum atomic E-state index is -0.401. The summed E-state index contributed by atoms with van der Waals surface area (Å²) in [5.74, 6) is 0.